The third-order valence-electron chi connectivity index (χ3n) is 15.2. The van der Waals surface area contributed by atoms with Crippen molar-refractivity contribution in [2.75, 3.05) is 42.5 Å². The van der Waals surface area contributed by atoms with Crippen LogP contribution >= 0.6 is 11.3 Å². The maximum Gasteiger partial charge on any atom is 0.306 e. The molecule has 2 aromatic rings. The lowest BCUT2D eigenvalue weighted by Crippen LogP contribution is -2.59. The highest BCUT2D eigenvalue weighted by atomic mass is 32.1. The number of fused-ring (bicyclic) bond motifs is 8. The summed E-state index contributed by atoms with van der Waals surface area (Å²) in [5, 5.41) is 0.908. The van der Waals surface area contributed by atoms with Crippen LogP contribution in [0, 0.1) is 23.7 Å². The topological polar surface area (TPSA) is 133 Å². The lowest BCUT2D eigenvalue weighted by atomic mass is 9.67. The largest absolute Gasteiger partial charge is 0.497 e. The number of benzene rings is 1. The van der Waals surface area contributed by atoms with Gasteiger partial charge in [-0.2, -0.15) is 0 Å². The number of methoxy groups -OCH3 is 4. The molecule has 14 heteroatoms. The smallest absolute Gasteiger partial charge is 0.306 e. The number of thiazole rings is 1. The minimum atomic E-state index is -0.672. The summed E-state index contributed by atoms with van der Waals surface area (Å²) in [4.78, 5) is 38.1. The first-order valence-electron chi connectivity index (χ1n) is 23.3. The Morgan fingerprint density at radius 3 is 2.25 bits per heavy atom. The number of hydrogen-bond acceptors (Lipinski definition) is 14. The van der Waals surface area contributed by atoms with Crippen molar-refractivity contribution >= 4 is 23.1 Å². The zero-order valence-corrected chi connectivity index (χ0v) is 39.7. The van der Waals surface area contributed by atoms with Gasteiger partial charge in [0, 0.05) is 61.5 Å². The normalized spacial score (nSPS) is 39.6. The molecular formula is C49H70N2O11S. The maximum absolute atomic E-state index is 15.3. The predicted octanol–water partition coefficient (Wildman–Crippen LogP) is 7.70. The molecule has 8 rings (SSSR count). The van der Waals surface area contributed by atoms with E-state index in [2.05, 4.69) is 38.9 Å². The van der Waals surface area contributed by atoms with Gasteiger partial charge in [-0.1, -0.05) is 19.9 Å². The number of rotatable bonds is 11. The van der Waals surface area contributed by atoms with Gasteiger partial charge in [-0.05, 0) is 121 Å². The number of allylic oxidation sites excluding steroid dienone is 2. The molecule has 13 nitrogen and oxygen atoms in total. The summed E-state index contributed by atoms with van der Waals surface area (Å²) in [5.41, 5.74) is 2.76. The number of likely N-dealkylation sites (N-methyl/N-ethyl adjacent to an activating group) is 1. The van der Waals surface area contributed by atoms with Crippen molar-refractivity contribution in [1.82, 2.24) is 9.88 Å². The zero-order chi connectivity index (χ0) is 44.7. The minimum Gasteiger partial charge on any atom is -0.497 e. The van der Waals surface area contributed by atoms with Crippen LogP contribution < -0.4 is 4.74 Å². The molecule has 4 fully saturated rings. The van der Waals surface area contributed by atoms with Crippen molar-refractivity contribution in [3.05, 3.63) is 46.5 Å². The van der Waals surface area contributed by atoms with E-state index < -0.39 is 18.3 Å². The average molecular weight is 895 g/mol. The highest BCUT2D eigenvalue weighted by Crippen LogP contribution is 2.63. The van der Waals surface area contributed by atoms with Gasteiger partial charge in [0.05, 0.1) is 43.6 Å². The van der Waals surface area contributed by atoms with Crippen LogP contribution in [0.1, 0.15) is 108 Å². The first-order valence-corrected chi connectivity index (χ1v) is 24.2. The van der Waals surface area contributed by atoms with E-state index in [9.17, 15) is 4.79 Å². The monoisotopic (exact) mass is 894 g/mol. The number of carbonyl (C=O) groups is 2. The van der Waals surface area contributed by atoms with Crippen LogP contribution in [-0.2, 0) is 47.5 Å². The quantitative estimate of drug-likeness (QED) is 0.204. The van der Waals surface area contributed by atoms with Crippen LogP contribution in [0.4, 0.5) is 0 Å². The summed E-state index contributed by atoms with van der Waals surface area (Å²) in [7, 11) is 10.8. The second-order valence-electron chi connectivity index (χ2n) is 19.0. The van der Waals surface area contributed by atoms with E-state index in [0.29, 0.717) is 18.9 Å². The Morgan fingerprint density at radius 2 is 1.59 bits per heavy atom. The van der Waals surface area contributed by atoms with Gasteiger partial charge in [-0.25, -0.2) is 4.98 Å². The Hall–Kier alpha value is -2.79. The molecule has 0 amide bonds. The molecule has 3 aliphatic carbocycles. The Bertz CT molecular complexity index is 1920. The molecule has 63 heavy (non-hydrogen) atoms. The van der Waals surface area contributed by atoms with E-state index >= 15 is 4.79 Å². The number of carbonyl (C=O) groups excluding carboxylic acids is 2. The molecule has 0 radical (unpaired) electrons. The number of ether oxygens (including phenoxy) is 9. The molecule has 1 aromatic carbocycles. The van der Waals surface area contributed by atoms with Crippen molar-refractivity contribution in [2.45, 2.75) is 165 Å². The molecule has 4 heterocycles. The lowest BCUT2D eigenvalue weighted by Gasteiger charge is -2.44. The van der Waals surface area contributed by atoms with E-state index in [1.165, 1.54) is 0 Å². The number of hydrogen-bond donors (Lipinski definition) is 0. The van der Waals surface area contributed by atoms with Crippen LogP contribution in [0.15, 0.2) is 35.9 Å². The molecule has 0 spiro atoms. The third kappa shape index (κ3) is 9.32. The van der Waals surface area contributed by atoms with Crippen LogP contribution in [0.3, 0.4) is 0 Å². The van der Waals surface area contributed by atoms with Gasteiger partial charge in [0.15, 0.2) is 18.4 Å². The molecule has 0 unspecified atom stereocenters. The van der Waals surface area contributed by atoms with Gasteiger partial charge in [0.1, 0.15) is 35.2 Å². The van der Waals surface area contributed by atoms with Gasteiger partial charge < -0.3 is 47.5 Å². The third-order valence-corrected chi connectivity index (χ3v) is 16.5. The Labute approximate surface area is 377 Å². The van der Waals surface area contributed by atoms with Crippen LogP contribution in [-0.4, -0.2) is 132 Å². The fourth-order valence-corrected chi connectivity index (χ4v) is 13.3. The summed E-state index contributed by atoms with van der Waals surface area (Å²) in [5.74, 6) is -0.218. The SMILES string of the molecule is CC[C@H]1CCC[C@H](O[C@H]2CC[C@H](N(C)C)[C@@H](C)O2)[C@@H](C)C(=O)C2=C[C@H]3[C@@H]4C[C@H](O[C@@H]5O[C@@H](C)[C@H](OC)[C@@H](OC)[C@H]5OC)C[C@H]4c4nc(-c5ccc(OC)cc5)sc4[C@H]3[C@@H]2CC(=O)O1. The molecule has 0 N–H and O–H groups in total. The molecular weight excluding hydrogens is 825 g/mol. The molecule has 0 bridgehead atoms. The first kappa shape index (κ1) is 46.7. The van der Waals surface area contributed by atoms with Crippen LogP contribution in [0.2, 0.25) is 0 Å². The maximum atomic E-state index is 15.3. The highest BCUT2D eigenvalue weighted by molar-refractivity contribution is 7.15. The van der Waals surface area contributed by atoms with E-state index in [1.807, 2.05) is 38.1 Å². The fourth-order valence-electron chi connectivity index (χ4n) is 11.9. The number of Topliss-reactive ketones (excluding diaryl/α,β-unsaturated/α-hetero) is 1. The summed E-state index contributed by atoms with van der Waals surface area (Å²) in [6.07, 6.45) is 5.15. The fraction of sp³-hybridized carbons (Fsp3) is 0.735. The molecule has 1 aromatic heterocycles. The zero-order valence-electron chi connectivity index (χ0n) is 38.9. The number of ketones is 1. The molecule has 3 aliphatic heterocycles. The van der Waals surface area contributed by atoms with Crippen molar-refractivity contribution in [3.8, 4) is 16.3 Å². The van der Waals surface area contributed by atoms with Crippen molar-refractivity contribution in [3.63, 3.8) is 0 Å². The Morgan fingerprint density at radius 1 is 0.841 bits per heavy atom. The Kier molecular flexibility index (Phi) is 14.8. The summed E-state index contributed by atoms with van der Waals surface area (Å²) >= 11 is 1.68. The van der Waals surface area contributed by atoms with Gasteiger partial charge in [-0.3, -0.25) is 9.59 Å². The van der Waals surface area contributed by atoms with E-state index in [0.717, 1.165) is 71.0 Å². The molecule has 348 valence electrons. The van der Waals surface area contributed by atoms with Gasteiger partial charge in [0.25, 0.3) is 0 Å². The molecule has 17 atom stereocenters. The first-order chi connectivity index (χ1) is 30.4. The van der Waals surface area contributed by atoms with Gasteiger partial charge in [0.2, 0.25) is 0 Å². The number of nitrogens with zero attached hydrogens (tertiary/aromatic N) is 2. The lowest BCUT2D eigenvalue weighted by molar-refractivity contribution is -0.314. The van der Waals surface area contributed by atoms with Crippen molar-refractivity contribution in [2.24, 2.45) is 23.7 Å². The highest BCUT2D eigenvalue weighted by Gasteiger charge is 2.57. The van der Waals surface area contributed by atoms with Gasteiger partial charge in [-0.15, -0.1) is 11.3 Å². The van der Waals surface area contributed by atoms with Gasteiger partial charge >= 0.3 is 5.97 Å². The summed E-state index contributed by atoms with van der Waals surface area (Å²) in [6.45, 7) is 8.17. The minimum absolute atomic E-state index is 0.00523. The number of esters is 1. The van der Waals surface area contributed by atoms with Crippen LogP contribution in [0.25, 0.3) is 10.6 Å². The molecule has 6 aliphatic rings. The van der Waals surface area contributed by atoms with E-state index in [-0.39, 0.29) is 96.8 Å². The predicted molar refractivity (Wildman–Crippen MR) is 238 cm³/mol. The van der Waals surface area contributed by atoms with E-state index in [4.69, 9.17) is 47.6 Å². The average Bonchev–Trinajstić information content (AvgIpc) is 4.00. The number of cyclic esters (lactones) is 1. The second kappa shape index (κ2) is 20.0. The molecule has 3 saturated heterocycles. The Balaban J connectivity index is 1.14. The summed E-state index contributed by atoms with van der Waals surface area (Å²) in [6, 6.07) is 8.32. The standard InChI is InChI=1S/C49H70N2O11S/c1-11-29-13-12-14-38(62-40-20-19-37(51(5)6)26(3)58-40)25(2)43(53)36-23-33-32-21-31(61-49-46(57-10)45(56-9)44(55-8)27(4)59-49)22-35(32)42-47(41(33)34(36)24-39(52)60-29)63-48(50-42)28-15-17-30(54-7)18-16-28/h15-18,23,25-27,29,31-35,37-38,40-41,44-46,49H,11-14,19-22,24H2,1-10H3/t25-,26-,27+,29+,31+,32+,33+,34-,35-,37+,38+,40+,41-,44+,45-,46-,49+/m1/s1. The van der Waals surface area contributed by atoms with Crippen LogP contribution in [0.5, 0.6) is 5.75 Å². The van der Waals surface area contributed by atoms with E-state index in [1.54, 1.807) is 39.8 Å². The second-order valence-corrected chi connectivity index (χ2v) is 20.0. The number of aromatic nitrogens is 1. The van der Waals surface area contributed by atoms with Crippen molar-refractivity contribution < 1.29 is 52.2 Å². The van der Waals surface area contributed by atoms with Crippen molar-refractivity contribution in [1.29, 1.82) is 0 Å². The summed E-state index contributed by atoms with van der Waals surface area (Å²) < 4.78 is 56.1. The molecule has 1 saturated carbocycles.